The molecule has 204 valence electrons. The lowest BCUT2D eigenvalue weighted by atomic mass is 10.00. The topological polar surface area (TPSA) is 97.3 Å². The molecule has 0 spiro atoms. The van der Waals surface area contributed by atoms with Crippen LogP contribution in [0.5, 0.6) is 23.0 Å². The molecule has 0 saturated heterocycles. The summed E-state index contributed by atoms with van der Waals surface area (Å²) in [7, 11) is 1.39. The fraction of sp³-hybridized carbons (Fsp3) is 0.310. The van der Waals surface area contributed by atoms with E-state index in [-0.39, 0.29) is 33.8 Å². The van der Waals surface area contributed by atoms with Gasteiger partial charge in [-0.25, -0.2) is 4.39 Å². The highest BCUT2D eigenvalue weighted by Crippen LogP contribution is 2.38. The van der Waals surface area contributed by atoms with Crippen LogP contribution in [-0.4, -0.2) is 43.3 Å². The molecule has 1 heterocycles. The summed E-state index contributed by atoms with van der Waals surface area (Å²) < 4.78 is 30.7. The molecule has 3 aromatic rings. The highest BCUT2D eigenvalue weighted by atomic mass is 35.5. The molecule has 0 unspecified atom stereocenters. The summed E-state index contributed by atoms with van der Waals surface area (Å²) in [5, 5.41) is 13.1. The smallest absolute Gasteiger partial charge is 0.259 e. The molecule has 8 nitrogen and oxygen atoms in total. The van der Waals surface area contributed by atoms with E-state index >= 15 is 0 Å². The fourth-order valence-electron chi connectivity index (χ4n) is 4.97. The second-order valence-electron chi connectivity index (χ2n) is 9.46. The molecule has 0 bridgehead atoms. The van der Waals surface area contributed by atoms with Gasteiger partial charge in [0.15, 0.2) is 23.0 Å². The van der Waals surface area contributed by atoms with E-state index < -0.39 is 23.7 Å². The minimum absolute atomic E-state index is 0.0398. The Morgan fingerprint density at radius 1 is 1.05 bits per heavy atom. The molecule has 1 aliphatic heterocycles. The first-order valence-corrected chi connectivity index (χ1v) is 13.1. The molecule has 1 atom stereocenters. The Balaban J connectivity index is 1.65. The van der Waals surface area contributed by atoms with Gasteiger partial charge in [-0.3, -0.25) is 14.5 Å². The second-order valence-corrected chi connectivity index (χ2v) is 9.86. The Morgan fingerprint density at radius 2 is 1.79 bits per heavy atom. The minimum Gasteiger partial charge on any atom is -0.504 e. The molecule has 2 N–H and O–H groups in total. The van der Waals surface area contributed by atoms with Crippen molar-refractivity contribution in [2.24, 2.45) is 0 Å². The largest absolute Gasteiger partial charge is 0.504 e. The van der Waals surface area contributed by atoms with Crippen LogP contribution in [0.2, 0.25) is 5.02 Å². The Labute approximate surface area is 230 Å². The Morgan fingerprint density at radius 3 is 2.51 bits per heavy atom. The van der Waals surface area contributed by atoms with E-state index in [4.69, 9.17) is 25.8 Å². The van der Waals surface area contributed by atoms with Gasteiger partial charge in [0.25, 0.3) is 5.91 Å². The zero-order valence-electron chi connectivity index (χ0n) is 21.3. The molecule has 1 saturated carbocycles. The van der Waals surface area contributed by atoms with E-state index in [2.05, 4.69) is 5.32 Å². The van der Waals surface area contributed by atoms with Crippen LogP contribution in [0.15, 0.2) is 54.6 Å². The number of carbonyl (C=O) groups is 2. The lowest BCUT2D eigenvalue weighted by Gasteiger charge is -2.33. The Kier molecular flexibility index (Phi) is 7.79. The molecule has 39 heavy (non-hydrogen) atoms. The van der Waals surface area contributed by atoms with Crippen molar-refractivity contribution in [3.8, 4) is 23.0 Å². The normalized spacial score (nSPS) is 15.5. The van der Waals surface area contributed by atoms with Crippen LogP contribution in [0.4, 0.5) is 10.1 Å². The maximum Gasteiger partial charge on any atom is 0.259 e. The highest BCUT2D eigenvalue weighted by Gasteiger charge is 2.36. The van der Waals surface area contributed by atoms with E-state index in [1.165, 1.54) is 36.3 Å². The number of ether oxygens (including phenoxy) is 3. The van der Waals surface area contributed by atoms with Crippen LogP contribution in [0.25, 0.3) is 0 Å². The number of anilines is 1. The van der Waals surface area contributed by atoms with Crippen molar-refractivity contribution >= 4 is 29.1 Å². The average molecular weight is 555 g/mol. The summed E-state index contributed by atoms with van der Waals surface area (Å²) >= 11 is 6.14. The number of aromatic hydroxyl groups is 1. The van der Waals surface area contributed by atoms with Crippen molar-refractivity contribution in [3.63, 3.8) is 0 Å². The van der Waals surface area contributed by atoms with Gasteiger partial charge in [-0.2, -0.15) is 0 Å². The van der Waals surface area contributed by atoms with Crippen LogP contribution in [0, 0.1) is 5.82 Å². The third-order valence-electron chi connectivity index (χ3n) is 6.92. The molecule has 2 amide bonds. The van der Waals surface area contributed by atoms with E-state index in [1.807, 2.05) is 0 Å². The van der Waals surface area contributed by atoms with Crippen molar-refractivity contribution in [1.29, 1.82) is 0 Å². The molecular formula is C29H28ClFN2O6. The number of benzene rings is 3. The number of nitrogens with one attached hydrogen (secondary N) is 1. The molecular weight excluding hydrogens is 527 g/mol. The van der Waals surface area contributed by atoms with Crippen LogP contribution >= 0.6 is 11.6 Å². The first-order chi connectivity index (χ1) is 18.9. The molecule has 1 fully saturated rings. The third-order valence-corrected chi connectivity index (χ3v) is 7.21. The van der Waals surface area contributed by atoms with Gasteiger partial charge in [-0.1, -0.05) is 30.5 Å². The highest BCUT2D eigenvalue weighted by molar-refractivity contribution is 6.31. The van der Waals surface area contributed by atoms with Gasteiger partial charge in [0.05, 0.1) is 12.1 Å². The van der Waals surface area contributed by atoms with E-state index in [9.17, 15) is 19.1 Å². The predicted octanol–water partition coefficient (Wildman–Crippen LogP) is 5.41. The second kappa shape index (κ2) is 11.4. The van der Waals surface area contributed by atoms with Gasteiger partial charge >= 0.3 is 0 Å². The lowest BCUT2D eigenvalue weighted by Crippen LogP contribution is -2.46. The number of nitrogens with zero attached hydrogens (tertiary/aromatic N) is 1. The maximum atomic E-state index is 14.2. The first kappa shape index (κ1) is 26.6. The van der Waals surface area contributed by atoms with E-state index in [0.29, 0.717) is 30.3 Å². The van der Waals surface area contributed by atoms with Crippen molar-refractivity contribution in [1.82, 2.24) is 5.32 Å². The minimum atomic E-state index is -1.21. The number of hydrogen-bond acceptors (Lipinski definition) is 6. The summed E-state index contributed by atoms with van der Waals surface area (Å²) in [4.78, 5) is 29.5. The first-order valence-electron chi connectivity index (χ1n) is 12.7. The number of fused-ring (bicyclic) bond motifs is 1. The summed E-state index contributed by atoms with van der Waals surface area (Å²) in [6, 6.07) is 11.8. The molecule has 10 heteroatoms. The molecule has 5 rings (SSSR count). The van der Waals surface area contributed by atoms with Crippen LogP contribution < -0.4 is 24.4 Å². The molecule has 0 radical (unpaired) electrons. The predicted molar refractivity (Wildman–Crippen MR) is 143 cm³/mol. The van der Waals surface area contributed by atoms with Crippen molar-refractivity contribution in [2.75, 3.05) is 25.2 Å². The number of carbonyl (C=O) groups excluding carboxylic acids is 2. The van der Waals surface area contributed by atoms with Crippen LogP contribution in [-0.2, 0) is 4.79 Å². The third kappa shape index (κ3) is 5.59. The SMILES string of the molecule is COc1cc([C@@H](C(=O)NC2CCCC2)N(C(=O)c2ccc3c(c2)OCCO3)c2ccc(F)c(Cl)c2)ccc1O. The van der Waals surface area contributed by atoms with Gasteiger partial charge < -0.3 is 24.6 Å². The van der Waals surface area contributed by atoms with Crippen LogP contribution in [0.3, 0.4) is 0 Å². The van der Waals surface area contributed by atoms with E-state index in [1.54, 1.807) is 24.3 Å². The summed E-state index contributed by atoms with van der Waals surface area (Å²) in [6.45, 7) is 0.730. The number of rotatable bonds is 7. The summed E-state index contributed by atoms with van der Waals surface area (Å²) in [5.74, 6) is -0.712. The number of phenols is 1. The fourth-order valence-corrected chi connectivity index (χ4v) is 5.14. The number of hydrogen-bond donors (Lipinski definition) is 2. The zero-order chi connectivity index (χ0) is 27.5. The van der Waals surface area contributed by atoms with Crippen LogP contribution in [0.1, 0.15) is 47.6 Å². The quantitative estimate of drug-likeness (QED) is 0.405. The standard InChI is InChI=1S/C29H28ClFN2O6/c1-37-25-14-17(6-10-23(25)34)27(28(35)32-19-4-2-3-5-19)33(20-8-9-22(31)21(30)16-20)29(36)18-7-11-24-26(15-18)39-13-12-38-24/h6-11,14-16,19,27,34H,2-5,12-13H2,1H3,(H,32,35)/t27-/m0/s1. The van der Waals surface area contributed by atoms with Gasteiger partial charge in [0.1, 0.15) is 25.1 Å². The van der Waals surface area contributed by atoms with E-state index in [0.717, 1.165) is 31.7 Å². The number of halogens is 2. The Bertz CT molecular complexity index is 1390. The van der Waals surface area contributed by atoms with Crippen molar-refractivity contribution < 1.29 is 33.3 Å². The number of amides is 2. The summed E-state index contributed by atoms with van der Waals surface area (Å²) in [5.41, 5.74) is 0.815. The zero-order valence-corrected chi connectivity index (χ0v) is 22.0. The summed E-state index contributed by atoms with van der Waals surface area (Å²) in [6.07, 6.45) is 3.65. The number of phenolic OH excluding ortho intramolecular Hbond substituents is 1. The van der Waals surface area contributed by atoms with Gasteiger partial charge in [0.2, 0.25) is 5.91 Å². The number of methoxy groups -OCH3 is 1. The molecule has 3 aromatic carbocycles. The maximum absolute atomic E-state index is 14.2. The molecule has 1 aliphatic carbocycles. The van der Waals surface area contributed by atoms with Crippen molar-refractivity contribution in [2.45, 2.75) is 37.8 Å². The van der Waals surface area contributed by atoms with Gasteiger partial charge in [-0.05, 0) is 66.9 Å². The average Bonchev–Trinajstić information content (AvgIpc) is 3.46. The van der Waals surface area contributed by atoms with Gasteiger partial charge in [0, 0.05) is 17.3 Å². The monoisotopic (exact) mass is 554 g/mol. The van der Waals surface area contributed by atoms with Crippen molar-refractivity contribution in [3.05, 3.63) is 76.6 Å². The Hall–Kier alpha value is -3.98. The molecule has 0 aromatic heterocycles. The van der Waals surface area contributed by atoms with Gasteiger partial charge in [-0.15, -0.1) is 0 Å². The molecule has 2 aliphatic rings. The lowest BCUT2D eigenvalue weighted by molar-refractivity contribution is -0.123.